The molecule has 5 heteroatoms. The fourth-order valence-electron chi connectivity index (χ4n) is 2.63. The Labute approximate surface area is 130 Å². The molecule has 22 heavy (non-hydrogen) atoms. The van der Waals surface area contributed by atoms with Crippen molar-refractivity contribution in [3.63, 3.8) is 0 Å². The van der Waals surface area contributed by atoms with Gasteiger partial charge in [-0.15, -0.1) is 0 Å². The minimum Gasteiger partial charge on any atom is -0.489 e. The molecule has 1 aliphatic heterocycles. The molecule has 0 spiro atoms. The number of hydrogen-bond donors (Lipinski definition) is 1. The summed E-state index contributed by atoms with van der Waals surface area (Å²) in [5.41, 5.74) is 8.99. The lowest BCUT2D eigenvalue weighted by atomic mass is 10.0. The number of rotatable bonds is 4. The van der Waals surface area contributed by atoms with Crippen LogP contribution < -0.4 is 10.5 Å². The maximum Gasteiger partial charge on any atom is 0.200 e. The van der Waals surface area contributed by atoms with Crippen LogP contribution in [0.1, 0.15) is 16.7 Å². The first-order valence-electron chi connectivity index (χ1n) is 6.99. The molecule has 0 atom stereocenters. The van der Waals surface area contributed by atoms with Crippen molar-refractivity contribution in [1.82, 2.24) is 0 Å². The van der Waals surface area contributed by atoms with E-state index in [1.54, 1.807) is 12.1 Å². The molecule has 2 N–H and O–H groups in total. The number of fused-ring (bicyclic) bond motifs is 1. The molecule has 0 amide bonds. The summed E-state index contributed by atoms with van der Waals surface area (Å²) in [7, 11) is -3.40. The monoisotopic (exact) mass is 315 g/mol. The summed E-state index contributed by atoms with van der Waals surface area (Å²) < 4.78 is 30.2. The van der Waals surface area contributed by atoms with E-state index in [-0.39, 0.29) is 6.61 Å². The van der Waals surface area contributed by atoms with Gasteiger partial charge in [-0.3, -0.25) is 0 Å². The van der Waals surface area contributed by atoms with Crippen LogP contribution in [0.4, 0.5) is 0 Å². The van der Waals surface area contributed by atoms with E-state index in [0.29, 0.717) is 22.6 Å². The third kappa shape index (κ3) is 2.65. The molecule has 2 aromatic rings. The second-order valence-electron chi connectivity index (χ2n) is 5.29. The lowest BCUT2D eigenvalue weighted by Crippen LogP contribution is -2.06. The summed E-state index contributed by atoms with van der Waals surface area (Å²) in [6.45, 7) is 2.47. The third-order valence-electron chi connectivity index (χ3n) is 3.64. The van der Waals surface area contributed by atoms with E-state index in [1.165, 1.54) is 5.41 Å². The van der Waals surface area contributed by atoms with Crippen LogP contribution in [-0.2, 0) is 16.4 Å². The highest BCUT2D eigenvalue weighted by Crippen LogP contribution is 2.36. The third-order valence-corrected chi connectivity index (χ3v) is 5.19. The van der Waals surface area contributed by atoms with Crippen molar-refractivity contribution in [2.45, 2.75) is 18.4 Å². The predicted molar refractivity (Wildman–Crippen MR) is 86.2 cm³/mol. The average Bonchev–Trinajstić information content (AvgIpc) is 2.77. The van der Waals surface area contributed by atoms with E-state index in [2.05, 4.69) is 0 Å². The maximum absolute atomic E-state index is 12.2. The highest BCUT2D eigenvalue weighted by molar-refractivity contribution is 7.95. The molecule has 0 unspecified atom stereocenters. The van der Waals surface area contributed by atoms with Crippen LogP contribution in [0, 0.1) is 6.92 Å². The van der Waals surface area contributed by atoms with Crippen LogP contribution in [0.2, 0.25) is 0 Å². The van der Waals surface area contributed by atoms with Gasteiger partial charge in [0.2, 0.25) is 9.84 Å². The van der Waals surface area contributed by atoms with Gasteiger partial charge in [-0.1, -0.05) is 24.3 Å². The fraction of sp³-hybridized carbons (Fsp3) is 0.176. The van der Waals surface area contributed by atoms with Crippen molar-refractivity contribution in [3.05, 3.63) is 64.6 Å². The molecule has 0 aromatic heterocycles. The number of benzene rings is 2. The van der Waals surface area contributed by atoms with Gasteiger partial charge in [0.05, 0.1) is 4.90 Å². The molecule has 114 valence electrons. The van der Waals surface area contributed by atoms with Crippen LogP contribution >= 0.6 is 0 Å². The quantitative estimate of drug-likeness (QED) is 0.941. The molecule has 0 bridgehead atoms. The van der Waals surface area contributed by atoms with E-state index >= 15 is 0 Å². The molecule has 0 saturated heterocycles. The standard InChI is InChI=1S/C17H17NO3S/c1-12-4-2-6-15(8-12)21-10-14-11-22(19,20)16-7-3-5-13(9-18)17(14)16/h2-8,11H,9-10,18H2,1H3. The Morgan fingerprint density at radius 3 is 2.64 bits per heavy atom. The lowest BCUT2D eigenvalue weighted by molar-refractivity contribution is 0.369. The van der Waals surface area contributed by atoms with Crippen LogP contribution in [0.25, 0.3) is 5.57 Å². The van der Waals surface area contributed by atoms with Gasteiger partial charge in [-0.2, -0.15) is 0 Å². The number of hydrogen-bond acceptors (Lipinski definition) is 4. The highest BCUT2D eigenvalue weighted by Gasteiger charge is 2.28. The molecule has 0 saturated carbocycles. The van der Waals surface area contributed by atoms with Crippen LogP contribution in [0.15, 0.2) is 52.8 Å². The van der Waals surface area contributed by atoms with Gasteiger partial charge in [-0.05, 0) is 36.2 Å². The zero-order valence-corrected chi connectivity index (χ0v) is 13.1. The molecule has 1 aliphatic rings. The first-order valence-corrected chi connectivity index (χ1v) is 8.53. The Morgan fingerprint density at radius 2 is 1.91 bits per heavy atom. The zero-order valence-electron chi connectivity index (χ0n) is 12.2. The second kappa shape index (κ2) is 5.59. The summed E-state index contributed by atoms with van der Waals surface area (Å²) in [6.07, 6.45) is 0. The summed E-state index contributed by atoms with van der Waals surface area (Å²) in [5.74, 6) is 0.719. The maximum atomic E-state index is 12.2. The molecular weight excluding hydrogens is 298 g/mol. The topological polar surface area (TPSA) is 69.4 Å². The van der Waals surface area contributed by atoms with Crippen molar-refractivity contribution < 1.29 is 13.2 Å². The zero-order chi connectivity index (χ0) is 15.7. The van der Waals surface area contributed by atoms with E-state index < -0.39 is 9.84 Å². The number of aryl methyl sites for hydroxylation is 1. The van der Waals surface area contributed by atoms with E-state index in [0.717, 1.165) is 16.9 Å². The second-order valence-corrected chi connectivity index (χ2v) is 7.05. The van der Waals surface area contributed by atoms with Crippen LogP contribution in [0.3, 0.4) is 0 Å². The molecule has 2 aromatic carbocycles. The minimum atomic E-state index is -3.40. The van der Waals surface area contributed by atoms with Gasteiger partial charge in [0.25, 0.3) is 0 Å². The molecular formula is C17H17NO3S. The Bertz CT molecular complexity index is 854. The molecule has 1 heterocycles. The Morgan fingerprint density at radius 1 is 1.14 bits per heavy atom. The van der Waals surface area contributed by atoms with Gasteiger partial charge < -0.3 is 10.5 Å². The Kier molecular flexibility index (Phi) is 3.76. The van der Waals surface area contributed by atoms with Crippen LogP contribution in [0.5, 0.6) is 5.75 Å². The Balaban J connectivity index is 1.93. The van der Waals surface area contributed by atoms with Gasteiger partial charge in [0.15, 0.2) is 0 Å². The van der Waals surface area contributed by atoms with Crippen molar-refractivity contribution in [3.8, 4) is 5.75 Å². The SMILES string of the molecule is Cc1cccc(OCC2=CS(=O)(=O)c3cccc(CN)c32)c1. The number of ether oxygens (including phenoxy) is 1. The normalized spacial score (nSPS) is 15.3. The van der Waals surface area contributed by atoms with Crippen molar-refractivity contribution in [2.75, 3.05) is 6.61 Å². The van der Waals surface area contributed by atoms with Crippen molar-refractivity contribution in [2.24, 2.45) is 5.73 Å². The van der Waals surface area contributed by atoms with Crippen molar-refractivity contribution >= 4 is 15.4 Å². The number of nitrogens with two attached hydrogens (primary N) is 1. The number of sulfone groups is 1. The van der Waals surface area contributed by atoms with Crippen LogP contribution in [-0.4, -0.2) is 15.0 Å². The highest BCUT2D eigenvalue weighted by atomic mass is 32.2. The predicted octanol–water partition coefficient (Wildman–Crippen LogP) is 2.66. The van der Waals surface area contributed by atoms with Gasteiger partial charge in [-0.25, -0.2) is 8.42 Å². The lowest BCUT2D eigenvalue weighted by Gasteiger charge is -2.11. The summed E-state index contributed by atoms with van der Waals surface area (Å²) in [6, 6.07) is 12.8. The van der Waals surface area contributed by atoms with Gasteiger partial charge >= 0.3 is 0 Å². The van der Waals surface area contributed by atoms with E-state index in [1.807, 2.05) is 37.3 Å². The summed E-state index contributed by atoms with van der Waals surface area (Å²) in [5, 5.41) is 1.28. The molecule has 4 nitrogen and oxygen atoms in total. The largest absolute Gasteiger partial charge is 0.489 e. The van der Waals surface area contributed by atoms with Gasteiger partial charge in [0.1, 0.15) is 12.4 Å². The van der Waals surface area contributed by atoms with E-state index in [9.17, 15) is 8.42 Å². The first-order chi connectivity index (χ1) is 10.5. The van der Waals surface area contributed by atoms with E-state index in [4.69, 9.17) is 10.5 Å². The smallest absolute Gasteiger partial charge is 0.200 e. The molecule has 0 fully saturated rings. The molecule has 3 rings (SSSR count). The molecule has 0 aliphatic carbocycles. The fourth-order valence-corrected chi connectivity index (χ4v) is 4.13. The van der Waals surface area contributed by atoms with Gasteiger partial charge in [0, 0.05) is 23.1 Å². The Hall–Kier alpha value is -2.11. The average molecular weight is 315 g/mol. The summed E-state index contributed by atoms with van der Waals surface area (Å²) >= 11 is 0. The first kappa shape index (κ1) is 14.8. The molecule has 0 radical (unpaired) electrons. The minimum absolute atomic E-state index is 0.201. The van der Waals surface area contributed by atoms with Crippen molar-refractivity contribution in [1.29, 1.82) is 0 Å². The summed E-state index contributed by atoms with van der Waals surface area (Å²) in [4.78, 5) is 0.318.